The number of hydrogen-bond acceptors (Lipinski definition) is 4. The molecule has 1 amide bonds. The number of aromatic nitrogens is 1. The monoisotopic (exact) mass is 319 g/mol. The van der Waals surface area contributed by atoms with Crippen LogP contribution in [-0.4, -0.2) is 35.6 Å². The molecule has 2 heterocycles. The van der Waals surface area contributed by atoms with E-state index in [1.165, 1.54) is 0 Å². The lowest BCUT2D eigenvalue weighted by atomic mass is 10.1. The summed E-state index contributed by atoms with van der Waals surface area (Å²) in [4.78, 5) is 13.8. The predicted molar refractivity (Wildman–Crippen MR) is 86.6 cm³/mol. The summed E-state index contributed by atoms with van der Waals surface area (Å²) < 4.78 is 5.32. The molecule has 116 valence electrons. The van der Waals surface area contributed by atoms with Crippen LogP contribution < -0.4 is 5.32 Å². The van der Waals surface area contributed by atoms with Crippen molar-refractivity contribution >= 4 is 18.3 Å². The van der Waals surface area contributed by atoms with E-state index in [1.54, 1.807) is 11.9 Å². The van der Waals surface area contributed by atoms with Crippen LogP contribution in [0.25, 0.3) is 11.3 Å². The fourth-order valence-electron chi connectivity index (χ4n) is 2.32. The number of likely N-dealkylation sites (N-methyl/N-ethyl adjacent to an activating group) is 1. The molecule has 1 unspecified atom stereocenters. The van der Waals surface area contributed by atoms with Crippen molar-refractivity contribution in [1.29, 1.82) is 0 Å². The van der Waals surface area contributed by atoms with E-state index in [4.69, 9.17) is 4.52 Å². The average molecular weight is 320 g/mol. The maximum absolute atomic E-state index is 12.2. The van der Waals surface area contributed by atoms with E-state index >= 15 is 0 Å². The Hall–Kier alpha value is -2.11. The second-order valence-corrected chi connectivity index (χ2v) is 5.05. The van der Waals surface area contributed by atoms with Crippen molar-refractivity contribution in [3.63, 3.8) is 0 Å². The van der Waals surface area contributed by atoms with Crippen LogP contribution in [0.4, 0.5) is 0 Å². The largest absolute Gasteiger partial charge is 0.359 e. The molecule has 2 aromatic rings. The van der Waals surface area contributed by atoms with Crippen molar-refractivity contribution in [3.8, 4) is 11.3 Å². The third kappa shape index (κ3) is 3.55. The van der Waals surface area contributed by atoms with Gasteiger partial charge < -0.3 is 9.42 Å². The fourth-order valence-corrected chi connectivity index (χ4v) is 2.32. The first-order valence-electron chi connectivity index (χ1n) is 6.90. The van der Waals surface area contributed by atoms with Crippen LogP contribution in [0.3, 0.4) is 0 Å². The second kappa shape index (κ2) is 7.24. The highest BCUT2D eigenvalue weighted by molar-refractivity contribution is 5.85. The molecular weight excluding hydrogens is 302 g/mol. The van der Waals surface area contributed by atoms with E-state index in [0.717, 1.165) is 17.8 Å². The predicted octanol–water partition coefficient (Wildman–Crippen LogP) is 2.25. The first-order chi connectivity index (χ1) is 10.2. The molecule has 1 atom stereocenters. The summed E-state index contributed by atoms with van der Waals surface area (Å²) in [7, 11) is 1.76. The lowest BCUT2D eigenvalue weighted by Gasteiger charge is -2.19. The van der Waals surface area contributed by atoms with Gasteiger partial charge in [-0.1, -0.05) is 47.6 Å². The average Bonchev–Trinajstić information content (AvgIpc) is 3.19. The van der Waals surface area contributed by atoms with Gasteiger partial charge in [0, 0.05) is 25.2 Å². The minimum Gasteiger partial charge on any atom is -0.359 e. The first kappa shape index (κ1) is 16.3. The van der Waals surface area contributed by atoms with Crippen molar-refractivity contribution in [2.24, 2.45) is 0 Å². The highest BCUT2D eigenvalue weighted by Crippen LogP contribution is 2.19. The normalized spacial score (nSPS) is 16.3. The standard InChI is InChI=1S/C16H17N3O2.ClH/c1-19(16(20)14-8-5-9-17-14)11-13-10-15(18-21-13)12-6-3-2-4-7-12;/h2-8,10,14,17H,9,11H2,1H3;1H. The Bertz CT molecular complexity index is 654. The molecule has 0 radical (unpaired) electrons. The van der Waals surface area contributed by atoms with Crippen molar-refractivity contribution < 1.29 is 9.32 Å². The molecule has 0 fully saturated rings. The maximum atomic E-state index is 12.2. The molecule has 5 nitrogen and oxygen atoms in total. The molecule has 1 aliphatic heterocycles. The van der Waals surface area contributed by atoms with E-state index in [0.29, 0.717) is 12.3 Å². The summed E-state index contributed by atoms with van der Waals surface area (Å²) >= 11 is 0. The number of rotatable bonds is 4. The molecule has 22 heavy (non-hydrogen) atoms. The SMILES string of the molecule is CN(Cc1cc(-c2ccccc2)no1)C(=O)C1C=CCN1.Cl. The van der Waals surface area contributed by atoms with Gasteiger partial charge in [-0.2, -0.15) is 0 Å². The summed E-state index contributed by atoms with van der Waals surface area (Å²) in [5, 5.41) is 7.16. The Kier molecular flexibility index (Phi) is 5.35. The zero-order chi connectivity index (χ0) is 14.7. The topological polar surface area (TPSA) is 58.4 Å². The Morgan fingerprint density at radius 3 is 2.86 bits per heavy atom. The van der Waals surface area contributed by atoms with Crippen LogP contribution in [0.5, 0.6) is 0 Å². The first-order valence-corrected chi connectivity index (χ1v) is 6.90. The van der Waals surface area contributed by atoms with Gasteiger partial charge in [-0.05, 0) is 0 Å². The van der Waals surface area contributed by atoms with Gasteiger partial charge in [0.25, 0.3) is 0 Å². The summed E-state index contributed by atoms with van der Waals surface area (Å²) in [6.45, 7) is 1.15. The maximum Gasteiger partial charge on any atom is 0.243 e. The molecule has 1 aromatic carbocycles. The molecule has 0 saturated heterocycles. The van der Waals surface area contributed by atoms with Gasteiger partial charge in [0.15, 0.2) is 5.76 Å². The van der Waals surface area contributed by atoms with Crippen LogP contribution in [0.2, 0.25) is 0 Å². The number of benzene rings is 1. The number of nitrogens with zero attached hydrogens (tertiary/aromatic N) is 2. The van der Waals surface area contributed by atoms with Crippen LogP contribution in [0.15, 0.2) is 53.1 Å². The molecule has 1 aliphatic rings. The third-order valence-electron chi connectivity index (χ3n) is 3.45. The van der Waals surface area contributed by atoms with E-state index < -0.39 is 0 Å². The Labute approximate surface area is 135 Å². The number of carbonyl (C=O) groups excluding carboxylic acids is 1. The lowest BCUT2D eigenvalue weighted by molar-refractivity contribution is -0.131. The molecule has 0 saturated carbocycles. The zero-order valence-electron chi connectivity index (χ0n) is 12.2. The van der Waals surface area contributed by atoms with Gasteiger partial charge >= 0.3 is 0 Å². The van der Waals surface area contributed by atoms with Crippen LogP contribution in [0, 0.1) is 0 Å². The summed E-state index contributed by atoms with van der Waals surface area (Å²) in [5.74, 6) is 0.702. The zero-order valence-corrected chi connectivity index (χ0v) is 13.0. The van der Waals surface area contributed by atoms with Gasteiger partial charge in [0.1, 0.15) is 11.7 Å². The lowest BCUT2D eigenvalue weighted by Crippen LogP contribution is -2.41. The highest BCUT2D eigenvalue weighted by atomic mass is 35.5. The Balaban J connectivity index is 0.00000176. The fraction of sp³-hybridized carbons (Fsp3) is 0.250. The van der Waals surface area contributed by atoms with Crippen molar-refractivity contribution in [2.75, 3.05) is 13.6 Å². The van der Waals surface area contributed by atoms with Crippen molar-refractivity contribution in [3.05, 3.63) is 54.3 Å². The summed E-state index contributed by atoms with van der Waals surface area (Å²) in [6, 6.07) is 11.5. The van der Waals surface area contributed by atoms with Crippen LogP contribution >= 0.6 is 12.4 Å². The van der Waals surface area contributed by atoms with Gasteiger partial charge in [-0.15, -0.1) is 12.4 Å². The van der Waals surface area contributed by atoms with Gasteiger partial charge in [0.2, 0.25) is 5.91 Å². The van der Waals surface area contributed by atoms with Gasteiger partial charge in [-0.25, -0.2) is 0 Å². The van der Waals surface area contributed by atoms with E-state index in [-0.39, 0.29) is 24.4 Å². The number of amides is 1. The van der Waals surface area contributed by atoms with Crippen molar-refractivity contribution in [1.82, 2.24) is 15.4 Å². The quantitative estimate of drug-likeness (QED) is 0.878. The number of halogens is 1. The van der Waals surface area contributed by atoms with Crippen LogP contribution in [0.1, 0.15) is 5.76 Å². The Morgan fingerprint density at radius 1 is 1.41 bits per heavy atom. The minimum atomic E-state index is -0.230. The third-order valence-corrected chi connectivity index (χ3v) is 3.45. The smallest absolute Gasteiger partial charge is 0.243 e. The summed E-state index contributed by atoms with van der Waals surface area (Å²) in [5.41, 5.74) is 1.78. The molecule has 0 aliphatic carbocycles. The molecular formula is C16H18ClN3O2. The summed E-state index contributed by atoms with van der Waals surface area (Å²) in [6.07, 6.45) is 3.84. The highest BCUT2D eigenvalue weighted by Gasteiger charge is 2.22. The van der Waals surface area contributed by atoms with Gasteiger partial charge in [0.05, 0.1) is 6.54 Å². The van der Waals surface area contributed by atoms with Crippen LogP contribution in [-0.2, 0) is 11.3 Å². The molecule has 1 aromatic heterocycles. The minimum absolute atomic E-state index is 0. The van der Waals surface area contributed by atoms with Gasteiger partial charge in [-0.3, -0.25) is 10.1 Å². The van der Waals surface area contributed by atoms with E-state index in [1.807, 2.05) is 48.6 Å². The molecule has 0 bridgehead atoms. The number of nitrogens with one attached hydrogen (secondary N) is 1. The van der Waals surface area contributed by atoms with Crippen molar-refractivity contribution in [2.45, 2.75) is 12.6 Å². The van der Waals surface area contributed by atoms with E-state index in [2.05, 4.69) is 10.5 Å². The number of hydrogen-bond donors (Lipinski definition) is 1. The molecule has 6 heteroatoms. The second-order valence-electron chi connectivity index (χ2n) is 5.05. The molecule has 0 spiro atoms. The molecule has 1 N–H and O–H groups in total. The molecule has 3 rings (SSSR count). The Morgan fingerprint density at radius 2 is 2.18 bits per heavy atom. The number of carbonyl (C=O) groups is 1. The van der Waals surface area contributed by atoms with E-state index in [9.17, 15) is 4.79 Å².